The molecule has 1 rings (SSSR count). The molecule has 0 bridgehead atoms. The van der Waals surface area contributed by atoms with Crippen molar-refractivity contribution in [1.29, 1.82) is 5.41 Å². The summed E-state index contributed by atoms with van der Waals surface area (Å²) in [4.78, 5) is 0. The number of hydrogen-bond acceptors (Lipinski definition) is 2. The van der Waals surface area contributed by atoms with E-state index in [4.69, 9.17) is 11.1 Å². The van der Waals surface area contributed by atoms with Crippen LogP contribution in [0.25, 0.3) is 0 Å². The number of nitrogens with one attached hydrogen (secondary N) is 1. The van der Waals surface area contributed by atoms with Gasteiger partial charge in [-0.3, -0.25) is 5.41 Å². The van der Waals surface area contributed by atoms with Gasteiger partial charge in [-0.2, -0.15) is 11.8 Å². The second-order valence-electron chi connectivity index (χ2n) is 5.09. The Hall–Kier alpha value is -0.960. The number of benzene rings is 1. The van der Waals surface area contributed by atoms with Crippen LogP contribution in [-0.2, 0) is 5.75 Å². The summed E-state index contributed by atoms with van der Waals surface area (Å²) in [5.41, 5.74) is 8.07. The maximum absolute atomic E-state index is 7.49. The smallest absolute Gasteiger partial charge is 0.0963 e. The zero-order valence-electron chi connectivity index (χ0n) is 10.9. The molecular formula is C14H22N2S. The molecule has 0 aliphatic rings. The van der Waals surface area contributed by atoms with Crippen LogP contribution in [0.4, 0.5) is 0 Å². The lowest BCUT2D eigenvalue weighted by molar-refractivity contribution is 0.500. The summed E-state index contributed by atoms with van der Waals surface area (Å²) in [7, 11) is 0. The summed E-state index contributed by atoms with van der Waals surface area (Å²) >= 11 is 1.91. The third-order valence-electron chi connectivity index (χ3n) is 2.95. The lowest BCUT2D eigenvalue weighted by atomic mass is 9.89. The largest absolute Gasteiger partial charge is 0.387 e. The van der Waals surface area contributed by atoms with E-state index in [0.29, 0.717) is 0 Å². The van der Waals surface area contributed by atoms with Crippen LogP contribution in [0, 0.1) is 17.7 Å². The second kappa shape index (κ2) is 6.10. The first-order valence-corrected chi connectivity index (χ1v) is 7.05. The summed E-state index contributed by atoms with van der Waals surface area (Å²) in [5, 5.41) is 7.49. The van der Waals surface area contributed by atoms with E-state index in [1.165, 1.54) is 11.1 Å². The number of aryl methyl sites for hydroxylation is 1. The van der Waals surface area contributed by atoms with Crippen LogP contribution in [0.2, 0.25) is 0 Å². The Labute approximate surface area is 108 Å². The lowest BCUT2D eigenvalue weighted by Gasteiger charge is -2.22. The SMILES string of the molecule is Cc1cccc(CSCCC(C)(C)C(=N)N)c1. The van der Waals surface area contributed by atoms with Crippen LogP contribution in [0.5, 0.6) is 0 Å². The summed E-state index contributed by atoms with van der Waals surface area (Å²) < 4.78 is 0. The minimum atomic E-state index is -0.167. The maximum Gasteiger partial charge on any atom is 0.0963 e. The molecule has 3 heteroatoms. The van der Waals surface area contributed by atoms with Gasteiger partial charge >= 0.3 is 0 Å². The van der Waals surface area contributed by atoms with Gasteiger partial charge in [-0.15, -0.1) is 0 Å². The van der Waals surface area contributed by atoms with Gasteiger partial charge in [-0.1, -0.05) is 43.7 Å². The molecule has 0 saturated carbocycles. The van der Waals surface area contributed by atoms with Crippen molar-refractivity contribution in [2.24, 2.45) is 11.1 Å². The fourth-order valence-corrected chi connectivity index (χ4v) is 2.67. The summed E-state index contributed by atoms with van der Waals surface area (Å²) in [5.74, 6) is 2.37. The molecular weight excluding hydrogens is 228 g/mol. The fourth-order valence-electron chi connectivity index (χ4n) is 1.45. The standard InChI is InChI=1S/C14H22N2S/c1-11-5-4-6-12(9-11)10-17-8-7-14(2,3)13(15)16/h4-6,9H,7-8,10H2,1-3H3,(H3,15,16). The summed E-state index contributed by atoms with van der Waals surface area (Å²) in [6.45, 7) is 6.18. The van der Waals surface area contributed by atoms with Crippen LogP contribution < -0.4 is 5.73 Å². The van der Waals surface area contributed by atoms with Gasteiger partial charge in [0.25, 0.3) is 0 Å². The zero-order chi connectivity index (χ0) is 12.9. The molecule has 17 heavy (non-hydrogen) atoms. The van der Waals surface area contributed by atoms with Gasteiger partial charge in [-0.25, -0.2) is 0 Å². The topological polar surface area (TPSA) is 49.9 Å². The van der Waals surface area contributed by atoms with E-state index in [0.717, 1.165) is 17.9 Å². The van der Waals surface area contributed by atoms with Gasteiger partial charge in [0.2, 0.25) is 0 Å². The number of amidine groups is 1. The van der Waals surface area contributed by atoms with Crippen LogP contribution in [0.3, 0.4) is 0 Å². The third-order valence-corrected chi connectivity index (χ3v) is 3.98. The number of hydrogen-bond donors (Lipinski definition) is 2. The molecule has 0 aliphatic heterocycles. The quantitative estimate of drug-likeness (QED) is 0.460. The monoisotopic (exact) mass is 250 g/mol. The Morgan fingerprint density at radius 2 is 2.12 bits per heavy atom. The van der Waals surface area contributed by atoms with Gasteiger partial charge in [0.15, 0.2) is 0 Å². The molecule has 0 atom stereocenters. The molecule has 1 aromatic rings. The lowest BCUT2D eigenvalue weighted by Crippen LogP contribution is -2.31. The highest BCUT2D eigenvalue weighted by Crippen LogP contribution is 2.24. The van der Waals surface area contributed by atoms with Gasteiger partial charge in [0.1, 0.15) is 0 Å². The van der Waals surface area contributed by atoms with Gasteiger partial charge < -0.3 is 5.73 Å². The van der Waals surface area contributed by atoms with Crippen molar-refractivity contribution in [3.8, 4) is 0 Å². The Morgan fingerprint density at radius 3 is 2.71 bits per heavy atom. The van der Waals surface area contributed by atoms with Crippen molar-refractivity contribution >= 4 is 17.6 Å². The maximum atomic E-state index is 7.49. The van der Waals surface area contributed by atoms with Crippen LogP contribution in [0.1, 0.15) is 31.4 Å². The molecule has 2 nitrogen and oxygen atoms in total. The van der Waals surface area contributed by atoms with Crippen LogP contribution >= 0.6 is 11.8 Å². The molecule has 1 aromatic carbocycles. The summed E-state index contributed by atoms with van der Waals surface area (Å²) in [6.07, 6.45) is 0.957. The molecule has 0 aliphatic carbocycles. The Kier molecular flexibility index (Phi) is 5.06. The van der Waals surface area contributed by atoms with Gasteiger partial charge in [0, 0.05) is 11.2 Å². The minimum Gasteiger partial charge on any atom is -0.387 e. The van der Waals surface area contributed by atoms with E-state index in [2.05, 4.69) is 31.2 Å². The van der Waals surface area contributed by atoms with E-state index < -0.39 is 0 Å². The average molecular weight is 250 g/mol. The molecule has 0 aromatic heterocycles. The number of rotatable bonds is 6. The molecule has 0 saturated heterocycles. The molecule has 0 radical (unpaired) electrons. The van der Waals surface area contributed by atoms with E-state index in [9.17, 15) is 0 Å². The Bertz CT molecular complexity index is 386. The minimum absolute atomic E-state index is 0.167. The Morgan fingerprint density at radius 1 is 1.41 bits per heavy atom. The van der Waals surface area contributed by atoms with Crippen molar-refractivity contribution in [3.63, 3.8) is 0 Å². The molecule has 0 heterocycles. The van der Waals surface area contributed by atoms with Crippen molar-refractivity contribution in [2.45, 2.75) is 32.9 Å². The second-order valence-corrected chi connectivity index (χ2v) is 6.19. The van der Waals surface area contributed by atoms with Crippen molar-refractivity contribution < 1.29 is 0 Å². The molecule has 3 N–H and O–H groups in total. The van der Waals surface area contributed by atoms with E-state index in [-0.39, 0.29) is 11.3 Å². The van der Waals surface area contributed by atoms with E-state index >= 15 is 0 Å². The van der Waals surface area contributed by atoms with Gasteiger partial charge in [0.05, 0.1) is 5.84 Å². The summed E-state index contributed by atoms with van der Waals surface area (Å²) in [6, 6.07) is 8.61. The normalized spacial score (nSPS) is 11.5. The first kappa shape index (κ1) is 14.1. The zero-order valence-corrected chi connectivity index (χ0v) is 11.7. The van der Waals surface area contributed by atoms with Crippen LogP contribution in [0.15, 0.2) is 24.3 Å². The number of thioether (sulfide) groups is 1. The Balaban J connectivity index is 2.32. The van der Waals surface area contributed by atoms with Crippen molar-refractivity contribution in [2.75, 3.05) is 5.75 Å². The number of nitrogens with two attached hydrogens (primary N) is 1. The molecule has 0 unspecified atom stereocenters. The fraction of sp³-hybridized carbons (Fsp3) is 0.500. The van der Waals surface area contributed by atoms with Crippen molar-refractivity contribution in [3.05, 3.63) is 35.4 Å². The third kappa shape index (κ3) is 4.82. The predicted octanol–water partition coefficient (Wildman–Crippen LogP) is 3.58. The average Bonchev–Trinajstić information content (AvgIpc) is 2.24. The van der Waals surface area contributed by atoms with E-state index in [1.54, 1.807) is 0 Å². The van der Waals surface area contributed by atoms with Crippen molar-refractivity contribution in [1.82, 2.24) is 0 Å². The molecule has 94 valence electrons. The molecule has 0 spiro atoms. The highest BCUT2D eigenvalue weighted by Gasteiger charge is 2.20. The molecule has 0 amide bonds. The predicted molar refractivity (Wildman–Crippen MR) is 77.7 cm³/mol. The first-order chi connectivity index (χ1) is 7.92. The van der Waals surface area contributed by atoms with Gasteiger partial charge in [-0.05, 0) is 24.7 Å². The molecule has 0 fully saturated rings. The van der Waals surface area contributed by atoms with E-state index in [1.807, 2.05) is 25.6 Å². The van der Waals surface area contributed by atoms with Crippen LogP contribution in [-0.4, -0.2) is 11.6 Å². The highest BCUT2D eigenvalue weighted by atomic mass is 32.2. The first-order valence-electron chi connectivity index (χ1n) is 5.89. The highest BCUT2D eigenvalue weighted by molar-refractivity contribution is 7.98.